The van der Waals surface area contributed by atoms with Crippen molar-refractivity contribution >= 4 is 29.1 Å². The molecule has 3 aromatic rings. The van der Waals surface area contributed by atoms with Gasteiger partial charge in [-0.2, -0.15) is 13.2 Å². The lowest BCUT2D eigenvalue weighted by Crippen LogP contribution is -2.38. The van der Waals surface area contributed by atoms with Crippen molar-refractivity contribution in [3.63, 3.8) is 0 Å². The first-order chi connectivity index (χ1) is 18.4. The molecule has 1 aliphatic heterocycles. The van der Waals surface area contributed by atoms with Crippen molar-refractivity contribution in [1.29, 1.82) is 0 Å². The molecule has 3 aromatic carbocycles. The second-order valence-corrected chi connectivity index (χ2v) is 10.2. The Kier molecular flexibility index (Phi) is 8.63. The molecule has 5 nitrogen and oxygen atoms in total. The maximum Gasteiger partial charge on any atom is 0.419 e. The lowest BCUT2D eigenvalue weighted by atomic mass is 9.93. The molecule has 0 radical (unpaired) electrons. The van der Waals surface area contributed by atoms with E-state index in [1.807, 2.05) is 11.0 Å². The number of alkyl halides is 3. The number of likely N-dealkylation sites (N-methyl/N-ethyl adjacent to an activating group) is 1. The maximum atomic E-state index is 14.2. The normalized spacial score (nSPS) is 17.5. The third-order valence-corrected chi connectivity index (χ3v) is 7.65. The fourth-order valence-corrected chi connectivity index (χ4v) is 5.22. The first-order valence-electron chi connectivity index (χ1n) is 11.9. The van der Waals surface area contributed by atoms with E-state index in [2.05, 4.69) is 0 Å². The van der Waals surface area contributed by atoms with Gasteiger partial charge in [0, 0.05) is 37.2 Å². The van der Waals surface area contributed by atoms with Gasteiger partial charge in [0.15, 0.2) is 11.5 Å². The SMILES string of the molecule is COc1ccc(C(=O)N2C[C@H](c3ccc(Cl)c(Cl)c3)[C@@H](N(C)Cc3ccc(C(F)(F)F)c(F)c3)C2)cc1OC. The Morgan fingerprint density at radius 2 is 1.69 bits per heavy atom. The Labute approximate surface area is 233 Å². The second kappa shape index (κ2) is 11.6. The average molecular weight is 585 g/mol. The van der Waals surface area contributed by atoms with E-state index in [4.69, 9.17) is 32.7 Å². The van der Waals surface area contributed by atoms with Crippen LogP contribution < -0.4 is 9.47 Å². The van der Waals surface area contributed by atoms with Gasteiger partial charge in [-0.25, -0.2) is 4.39 Å². The van der Waals surface area contributed by atoms with Gasteiger partial charge in [0.25, 0.3) is 5.91 Å². The van der Waals surface area contributed by atoms with Crippen LogP contribution in [-0.2, 0) is 12.7 Å². The van der Waals surface area contributed by atoms with E-state index < -0.39 is 17.6 Å². The van der Waals surface area contributed by atoms with Crippen molar-refractivity contribution in [1.82, 2.24) is 9.80 Å². The fraction of sp³-hybridized carbons (Fsp3) is 0.321. The van der Waals surface area contributed by atoms with Crippen LogP contribution in [0.3, 0.4) is 0 Å². The van der Waals surface area contributed by atoms with E-state index in [-0.39, 0.29) is 24.4 Å². The molecule has 0 spiro atoms. The summed E-state index contributed by atoms with van der Waals surface area (Å²) in [5.41, 5.74) is 0.326. The van der Waals surface area contributed by atoms with Gasteiger partial charge in [0.05, 0.1) is 29.8 Å². The molecule has 1 fully saturated rings. The molecule has 1 heterocycles. The van der Waals surface area contributed by atoms with Crippen LogP contribution >= 0.6 is 23.2 Å². The summed E-state index contributed by atoms with van der Waals surface area (Å²) in [7, 11) is 4.77. The number of benzene rings is 3. The highest BCUT2D eigenvalue weighted by Crippen LogP contribution is 2.37. The van der Waals surface area contributed by atoms with E-state index in [0.717, 1.165) is 17.7 Å². The van der Waals surface area contributed by atoms with Gasteiger partial charge in [-0.05, 0) is 60.6 Å². The van der Waals surface area contributed by atoms with E-state index in [1.165, 1.54) is 20.3 Å². The molecule has 208 valence electrons. The van der Waals surface area contributed by atoms with E-state index in [0.29, 0.717) is 45.8 Å². The van der Waals surface area contributed by atoms with Gasteiger partial charge < -0.3 is 14.4 Å². The number of likely N-dealkylation sites (tertiary alicyclic amines) is 1. The van der Waals surface area contributed by atoms with Crippen LogP contribution in [0.5, 0.6) is 11.5 Å². The summed E-state index contributed by atoms with van der Waals surface area (Å²) < 4.78 is 63.9. The van der Waals surface area contributed by atoms with E-state index in [1.54, 1.807) is 42.3 Å². The fourth-order valence-electron chi connectivity index (χ4n) is 4.91. The predicted molar refractivity (Wildman–Crippen MR) is 141 cm³/mol. The number of carbonyl (C=O) groups is 1. The molecule has 1 saturated heterocycles. The van der Waals surface area contributed by atoms with Crippen LogP contribution in [0.15, 0.2) is 54.6 Å². The molecule has 1 amide bonds. The lowest BCUT2D eigenvalue weighted by Gasteiger charge is -2.29. The Morgan fingerprint density at radius 1 is 0.974 bits per heavy atom. The monoisotopic (exact) mass is 584 g/mol. The second-order valence-electron chi connectivity index (χ2n) is 9.35. The number of rotatable bonds is 7. The van der Waals surface area contributed by atoms with E-state index >= 15 is 0 Å². The smallest absolute Gasteiger partial charge is 0.419 e. The van der Waals surface area contributed by atoms with Crippen molar-refractivity contribution in [2.75, 3.05) is 34.4 Å². The standard InChI is InChI=1S/C28H26Cl2F4N2O3/c1-35(13-16-4-7-20(23(31)10-16)28(32,33)34)24-15-36(14-19(24)17-5-8-21(29)22(30)11-17)27(37)18-6-9-25(38-2)26(12-18)39-3/h4-12,19,24H,13-15H2,1-3H3/t19-,24+/m1/s1. The third kappa shape index (κ3) is 6.26. The Morgan fingerprint density at radius 3 is 2.31 bits per heavy atom. The van der Waals surface area contributed by atoms with Gasteiger partial charge in [-0.3, -0.25) is 9.69 Å². The number of carbonyl (C=O) groups excluding carboxylic acids is 1. The van der Waals surface area contributed by atoms with Crippen LogP contribution in [0.4, 0.5) is 17.6 Å². The lowest BCUT2D eigenvalue weighted by molar-refractivity contribution is -0.140. The molecule has 4 rings (SSSR count). The number of halogens is 6. The van der Waals surface area contributed by atoms with Gasteiger partial charge in [-0.1, -0.05) is 35.3 Å². The molecule has 2 atom stereocenters. The molecule has 39 heavy (non-hydrogen) atoms. The number of amides is 1. The summed E-state index contributed by atoms with van der Waals surface area (Å²) in [6.45, 7) is 0.829. The van der Waals surface area contributed by atoms with Crippen molar-refractivity contribution < 1.29 is 31.8 Å². The maximum absolute atomic E-state index is 14.2. The molecular weight excluding hydrogens is 559 g/mol. The number of hydrogen-bond acceptors (Lipinski definition) is 4. The average Bonchev–Trinajstić information content (AvgIpc) is 3.34. The van der Waals surface area contributed by atoms with Crippen molar-refractivity contribution in [3.8, 4) is 11.5 Å². The largest absolute Gasteiger partial charge is 0.493 e. The summed E-state index contributed by atoms with van der Waals surface area (Å²) in [5.74, 6) is -0.844. The number of hydrogen-bond donors (Lipinski definition) is 0. The van der Waals surface area contributed by atoms with E-state index in [9.17, 15) is 22.4 Å². The van der Waals surface area contributed by atoms with Crippen molar-refractivity contribution in [3.05, 3.63) is 92.7 Å². The molecule has 1 aliphatic rings. The molecule has 0 saturated carbocycles. The summed E-state index contributed by atoms with van der Waals surface area (Å²) in [4.78, 5) is 17.1. The number of ether oxygens (including phenoxy) is 2. The molecule has 11 heteroatoms. The highest BCUT2D eigenvalue weighted by Gasteiger charge is 2.39. The van der Waals surface area contributed by atoms with Crippen LogP contribution in [-0.4, -0.2) is 56.1 Å². The summed E-state index contributed by atoms with van der Waals surface area (Å²) in [6, 6.07) is 12.8. The Hall–Kier alpha value is -3.01. The van der Waals surface area contributed by atoms with Gasteiger partial charge >= 0.3 is 6.18 Å². The van der Waals surface area contributed by atoms with Gasteiger partial charge in [0.2, 0.25) is 0 Å². The van der Waals surface area contributed by atoms with Crippen LogP contribution in [0.2, 0.25) is 10.0 Å². The summed E-state index contributed by atoms with van der Waals surface area (Å²) in [5, 5.41) is 0.756. The van der Waals surface area contributed by atoms with Gasteiger partial charge in [0.1, 0.15) is 5.82 Å². The highest BCUT2D eigenvalue weighted by molar-refractivity contribution is 6.42. The third-order valence-electron chi connectivity index (χ3n) is 6.92. The first kappa shape index (κ1) is 29.0. The Bertz CT molecular complexity index is 1370. The topological polar surface area (TPSA) is 42.0 Å². The minimum atomic E-state index is -4.77. The van der Waals surface area contributed by atoms with Gasteiger partial charge in [-0.15, -0.1) is 0 Å². The summed E-state index contributed by atoms with van der Waals surface area (Å²) in [6.07, 6.45) is -4.77. The minimum absolute atomic E-state index is 0.163. The van der Waals surface area contributed by atoms with Crippen LogP contribution in [0, 0.1) is 5.82 Å². The molecule has 0 aromatic heterocycles. The van der Waals surface area contributed by atoms with Crippen LogP contribution in [0.1, 0.15) is 33.0 Å². The predicted octanol–water partition coefficient (Wildman–Crippen LogP) is 6.91. The molecule has 0 N–H and O–H groups in total. The Balaban J connectivity index is 1.62. The molecule has 0 bridgehead atoms. The first-order valence-corrected chi connectivity index (χ1v) is 12.7. The van der Waals surface area contributed by atoms with Crippen molar-refractivity contribution in [2.24, 2.45) is 0 Å². The molecule has 0 aliphatic carbocycles. The quantitative estimate of drug-likeness (QED) is 0.283. The molecular formula is C28H26Cl2F4N2O3. The number of methoxy groups -OCH3 is 2. The van der Waals surface area contributed by atoms with Crippen LogP contribution in [0.25, 0.3) is 0 Å². The zero-order valence-electron chi connectivity index (χ0n) is 21.4. The zero-order valence-corrected chi connectivity index (χ0v) is 22.9. The minimum Gasteiger partial charge on any atom is -0.493 e. The zero-order chi connectivity index (χ0) is 28.5. The summed E-state index contributed by atoms with van der Waals surface area (Å²) >= 11 is 12.4. The number of nitrogens with zero attached hydrogens (tertiary/aromatic N) is 2. The molecule has 0 unspecified atom stereocenters. The van der Waals surface area contributed by atoms with Crippen molar-refractivity contribution in [2.45, 2.75) is 24.7 Å². The highest BCUT2D eigenvalue weighted by atomic mass is 35.5.